The molecule has 2 aromatic rings. The number of nitrogens with two attached hydrogens (primary N) is 1. The predicted molar refractivity (Wildman–Crippen MR) is 102 cm³/mol. The van der Waals surface area contributed by atoms with Crippen molar-refractivity contribution in [1.29, 1.82) is 0 Å². The number of hydrogen-bond acceptors (Lipinski definition) is 4. The average Bonchev–Trinajstić information content (AvgIpc) is 2.62. The van der Waals surface area contributed by atoms with E-state index in [1.54, 1.807) is 0 Å². The third-order valence-corrected chi connectivity index (χ3v) is 5.63. The molecule has 0 unspecified atom stereocenters. The number of pyridine rings is 1. The zero-order valence-electron chi connectivity index (χ0n) is 15.2. The van der Waals surface area contributed by atoms with Crippen LogP contribution < -0.4 is 10.5 Å². The number of aromatic nitrogens is 1. The molecule has 5 rings (SSSR count). The minimum absolute atomic E-state index is 0.582. The number of nitrogens with zero attached hydrogens (tertiary/aromatic N) is 2. The Morgan fingerprint density at radius 3 is 2.44 bits per heavy atom. The van der Waals surface area contributed by atoms with Gasteiger partial charge in [0.25, 0.3) is 0 Å². The van der Waals surface area contributed by atoms with Gasteiger partial charge in [0.2, 0.25) is 0 Å². The van der Waals surface area contributed by atoms with Crippen LogP contribution in [0.2, 0.25) is 0 Å². The van der Waals surface area contributed by atoms with Crippen LogP contribution in [0.4, 0.5) is 5.82 Å². The zero-order valence-corrected chi connectivity index (χ0v) is 15.2. The topological polar surface area (TPSA) is 51.4 Å². The molecular weight excluding hydrogens is 310 g/mol. The first-order valence-electron chi connectivity index (χ1n) is 9.30. The smallest absolute Gasteiger partial charge is 0.124 e. The fourth-order valence-electron chi connectivity index (χ4n) is 4.44. The number of benzene rings is 1. The highest BCUT2D eigenvalue weighted by Gasteiger charge is 2.37. The van der Waals surface area contributed by atoms with Crippen molar-refractivity contribution in [2.75, 3.05) is 33.0 Å². The van der Waals surface area contributed by atoms with E-state index in [1.807, 2.05) is 12.1 Å². The molecule has 4 nitrogen and oxygen atoms in total. The summed E-state index contributed by atoms with van der Waals surface area (Å²) in [5.74, 6) is 2.93. The van der Waals surface area contributed by atoms with E-state index in [0.29, 0.717) is 17.7 Å². The van der Waals surface area contributed by atoms with Crippen molar-refractivity contribution in [3.63, 3.8) is 0 Å². The summed E-state index contributed by atoms with van der Waals surface area (Å²) in [7, 11) is 4.16. The van der Waals surface area contributed by atoms with Crippen molar-refractivity contribution in [3.05, 3.63) is 41.5 Å². The van der Waals surface area contributed by atoms with Gasteiger partial charge >= 0.3 is 0 Å². The molecule has 25 heavy (non-hydrogen) atoms. The van der Waals surface area contributed by atoms with E-state index in [1.165, 1.54) is 42.4 Å². The molecule has 1 aromatic heterocycles. The van der Waals surface area contributed by atoms with Gasteiger partial charge in [0.05, 0.1) is 5.69 Å². The van der Waals surface area contributed by atoms with Gasteiger partial charge in [0.15, 0.2) is 0 Å². The van der Waals surface area contributed by atoms with Crippen LogP contribution in [0.15, 0.2) is 30.3 Å². The number of ether oxygens (including phenoxy) is 1. The second-order valence-electron chi connectivity index (χ2n) is 7.59. The Balaban J connectivity index is 1.76. The van der Waals surface area contributed by atoms with E-state index < -0.39 is 0 Å². The average molecular weight is 337 g/mol. The molecular formula is C21H27N3O. The van der Waals surface area contributed by atoms with E-state index in [2.05, 4.69) is 42.2 Å². The summed E-state index contributed by atoms with van der Waals surface area (Å²) < 4.78 is 6.20. The van der Waals surface area contributed by atoms with Crippen LogP contribution >= 0.6 is 0 Å². The van der Waals surface area contributed by atoms with Gasteiger partial charge in [-0.05, 0) is 81.4 Å². The van der Waals surface area contributed by atoms with E-state index >= 15 is 0 Å². The molecule has 2 bridgehead atoms. The third-order valence-electron chi connectivity index (χ3n) is 5.63. The van der Waals surface area contributed by atoms with Gasteiger partial charge in [0, 0.05) is 17.7 Å². The molecule has 0 spiro atoms. The Bertz CT molecular complexity index is 764. The van der Waals surface area contributed by atoms with Gasteiger partial charge in [-0.3, -0.25) is 0 Å². The minimum Gasteiger partial charge on any atom is -0.492 e. The molecule has 0 radical (unpaired) electrons. The number of likely N-dealkylation sites (N-methyl/N-ethyl adjacent to an activating group) is 1. The number of nitrogen functional groups attached to an aromatic ring is 1. The van der Waals surface area contributed by atoms with Crippen molar-refractivity contribution in [2.45, 2.75) is 37.5 Å². The molecule has 4 heteroatoms. The van der Waals surface area contributed by atoms with E-state index in [4.69, 9.17) is 10.5 Å². The largest absolute Gasteiger partial charge is 0.492 e. The molecule has 3 aliphatic carbocycles. The molecule has 1 fully saturated rings. The van der Waals surface area contributed by atoms with Crippen LogP contribution in [0.5, 0.6) is 5.75 Å². The maximum Gasteiger partial charge on any atom is 0.124 e. The lowest BCUT2D eigenvalue weighted by Crippen LogP contribution is -2.25. The van der Waals surface area contributed by atoms with Gasteiger partial charge in [-0.25, -0.2) is 4.98 Å². The van der Waals surface area contributed by atoms with Crippen LogP contribution in [-0.2, 0) is 0 Å². The van der Waals surface area contributed by atoms with Crippen LogP contribution in [0.25, 0.3) is 11.3 Å². The second-order valence-corrected chi connectivity index (χ2v) is 7.59. The number of anilines is 1. The summed E-state index contributed by atoms with van der Waals surface area (Å²) in [6.45, 7) is 1.66. The highest BCUT2D eigenvalue weighted by molar-refractivity contribution is 5.71. The highest BCUT2D eigenvalue weighted by Crippen LogP contribution is 2.55. The molecule has 3 aliphatic rings. The van der Waals surface area contributed by atoms with Crippen LogP contribution in [-0.4, -0.2) is 37.1 Å². The van der Waals surface area contributed by atoms with Gasteiger partial charge in [-0.2, -0.15) is 0 Å². The van der Waals surface area contributed by atoms with Crippen LogP contribution in [0.3, 0.4) is 0 Å². The molecule has 0 atom stereocenters. The van der Waals surface area contributed by atoms with Gasteiger partial charge in [-0.15, -0.1) is 0 Å². The fraction of sp³-hybridized carbons (Fsp3) is 0.476. The SMILES string of the molecule is CN(C)CCOc1ccc(-c2cccc(N)n2)c2c1C1CCC2CC1. The summed E-state index contributed by atoms with van der Waals surface area (Å²) in [6.07, 6.45) is 5.15. The molecule has 1 saturated carbocycles. The molecule has 1 heterocycles. The van der Waals surface area contributed by atoms with Crippen molar-refractivity contribution >= 4 is 5.82 Å². The lowest BCUT2D eigenvalue weighted by molar-refractivity contribution is 0.252. The predicted octanol–water partition coefficient (Wildman–Crippen LogP) is 4.03. The zero-order chi connectivity index (χ0) is 17.4. The summed E-state index contributed by atoms with van der Waals surface area (Å²) in [5, 5.41) is 0. The van der Waals surface area contributed by atoms with E-state index in [-0.39, 0.29) is 0 Å². The first kappa shape index (κ1) is 16.4. The van der Waals surface area contributed by atoms with Gasteiger partial charge in [0.1, 0.15) is 18.2 Å². The lowest BCUT2D eigenvalue weighted by Gasteiger charge is -2.40. The maximum atomic E-state index is 6.20. The maximum absolute atomic E-state index is 6.20. The quantitative estimate of drug-likeness (QED) is 0.895. The molecule has 132 valence electrons. The molecule has 0 amide bonds. The molecule has 2 N–H and O–H groups in total. The number of rotatable bonds is 5. The molecule has 0 aliphatic heterocycles. The Kier molecular flexibility index (Phi) is 4.38. The number of hydrogen-bond donors (Lipinski definition) is 1. The molecule has 1 aromatic carbocycles. The molecule has 0 saturated heterocycles. The number of fused-ring (bicyclic) bond motifs is 2. The fourth-order valence-corrected chi connectivity index (χ4v) is 4.44. The van der Waals surface area contributed by atoms with Gasteiger partial charge < -0.3 is 15.4 Å². The van der Waals surface area contributed by atoms with Crippen LogP contribution in [0.1, 0.15) is 48.6 Å². The summed E-state index contributed by atoms with van der Waals surface area (Å²) in [5.41, 5.74) is 11.1. The normalized spacial score (nSPS) is 21.4. The highest BCUT2D eigenvalue weighted by atomic mass is 16.5. The van der Waals surface area contributed by atoms with Crippen molar-refractivity contribution in [1.82, 2.24) is 9.88 Å². The Labute approximate surface area is 150 Å². The monoisotopic (exact) mass is 337 g/mol. The Morgan fingerprint density at radius 1 is 1.04 bits per heavy atom. The Morgan fingerprint density at radius 2 is 1.76 bits per heavy atom. The summed E-state index contributed by atoms with van der Waals surface area (Å²) in [6, 6.07) is 10.2. The lowest BCUT2D eigenvalue weighted by atomic mass is 9.65. The summed E-state index contributed by atoms with van der Waals surface area (Å²) in [4.78, 5) is 6.74. The first-order chi connectivity index (χ1) is 12.1. The Hall–Kier alpha value is -2.07. The van der Waals surface area contributed by atoms with Crippen molar-refractivity contribution in [2.24, 2.45) is 0 Å². The van der Waals surface area contributed by atoms with Gasteiger partial charge in [-0.1, -0.05) is 6.07 Å². The third kappa shape index (κ3) is 3.11. The van der Waals surface area contributed by atoms with E-state index in [0.717, 1.165) is 24.6 Å². The van der Waals surface area contributed by atoms with Crippen molar-refractivity contribution < 1.29 is 4.74 Å². The summed E-state index contributed by atoms with van der Waals surface area (Å²) >= 11 is 0. The van der Waals surface area contributed by atoms with Crippen molar-refractivity contribution in [3.8, 4) is 17.0 Å². The minimum atomic E-state index is 0.582. The first-order valence-corrected chi connectivity index (χ1v) is 9.30. The van der Waals surface area contributed by atoms with Crippen LogP contribution in [0, 0.1) is 0 Å². The standard InChI is InChI=1S/C21H27N3O/c1-24(2)12-13-25-18-11-10-16(17-4-3-5-19(22)23-17)20-14-6-8-15(9-7-14)21(18)20/h3-5,10-11,14-15H,6-9,12-13H2,1-2H3,(H2,22,23). The second kappa shape index (κ2) is 6.68. The van der Waals surface area contributed by atoms with E-state index in [9.17, 15) is 0 Å².